The van der Waals surface area contributed by atoms with Crippen LogP contribution in [0, 0.1) is 0 Å². The molecule has 0 bridgehead atoms. The van der Waals surface area contributed by atoms with Crippen molar-refractivity contribution in [3.63, 3.8) is 0 Å². The van der Waals surface area contributed by atoms with Gasteiger partial charge in [-0.25, -0.2) is 4.52 Å². The first-order valence-electron chi connectivity index (χ1n) is 5.41. The highest BCUT2D eigenvalue weighted by molar-refractivity contribution is 5.80. The first-order valence-corrected chi connectivity index (χ1v) is 5.41. The number of anilines is 1. The van der Waals surface area contributed by atoms with E-state index in [2.05, 4.69) is 27.2 Å². The Morgan fingerprint density at radius 2 is 2.29 bits per heavy atom. The summed E-state index contributed by atoms with van der Waals surface area (Å²) in [4.78, 5) is 4.11. The highest BCUT2D eigenvalue weighted by Gasteiger charge is 2.14. The van der Waals surface area contributed by atoms with Gasteiger partial charge in [-0.2, -0.15) is 10.2 Å². The highest BCUT2D eigenvalue weighted by Crippen LogP contribution is 2.28. The quantitative estimate of drug-likeness (QED) is 0.691. The van der Waals surface area contributed by atoms with Crippen molar-refractivity contribution in [3.8, 4) is 11.3 Å². The Hall–Kier alpha value is -2.37. The van der Waals surface area contributed by atoms with E-state index >= 15 is 0 Å². The Balaban J connectivity index is 2.27. The number of nitrogens with two attached hydrogens (primary N) is 1. The number of hydrogen-bond acceptors (Lipinski definition) is 4. The SMILES string of the molecule is CCc1c(N)n[nH]c1-c1cnn2ccncc12. The van der Waals surface area contributed by atoms with E-state index in [9.17, 15) is 0 Å². The second kappa shape index (κ2) is 3.58. The zero-order chi connectivity index (χ0) is 11.8. The summed E-state index contributed by atoms with van der Waals surface area (Å²) in [5.41, 5.74) is 9.67. The van der Waals surface area contributed by atoms with Crippen LogP contribution in [0.2, 0.25) is 0 Å². The van der Waals surface area contributed by atoms with Crippen LogP contribution in [-0.2, 0) is 6.42 Å². The minimum Gasteiger partial charge on any atom is -0.382 e. The summed E-state index contributed by atoms with van der Waals surface area (Å²) in [6, 6.07) is 0. The van der Waals surface area contributed by atoms with Gasteiger partial charge in [0.05, 0.1) is 23.6 Å². The molecule has 6 nitrogen and oxygen atoms in total. The molecule has 0 saturated carbocycles. The standard InChI is InChI=1S/C11H12N6/c1-2-7-10(15-16-11(7)12)8-5-14-17-4-3-13-6-9(8)17/h3-6H,2H2,1H3,(H3,12,15,16). The lowest BCUT2D eigenvalue weighted by Crippen LogP contribution is -1.91. The van der Waals surface area contributed by atoms with Gasteiger partial charge in [0.25, 0.3) is 0 Å². The van der Waals surface area contributed by atoms with Gasteiger partial charge in [-0.3, -0.25) is 10.1 Å². The Morgan fingerprint density at radius 3 is 3.12 bits per heavy atom. The van der Waals surface area contributed by atoms with E-state index < -0.39 is 0 Å². The fourth-order valence-corrected chi connectivity index (χ4v) is 1.99. The van der Waals surface area contributed by atoms with Crippen LogP contribution in [-0.4, -0.2) is 24.8 Å². The first-order chi connectivity index (χ1) is 8.31. The van der Waals surface area contributed by atoms with E-state index in [0.717, 1.165) is 28.8 Å². The third-order valence-electron chi connectivity index (χ3n) is 2.85. The number of hydrogen-bond donors (Lipinski definition) is 2. The maximum absolute atomic E-state index is 5.82. The van der Waals surface area contributed by atoms with E-state index in [1.54, 1.807) is 23.1 Å². The van der Waals surface area contributed by atoms with Gasteiger partial charge < -0.3 is 5.73 Å². The zero-order valence-electron chi connectivity index (χ0n) is 9.38. The molecule has 3 aromatic rings. The largest absolute Gasteiger partial charge is 0.382 e. The van der Waals surface area contributed by atoms with Crippen molar-refractivity contribution >= 4 is 11.3 Å². The Morgan fingerprint density at radius 1 is 1.41 bits per heavy atom. The fourth-order valence-electron chi connectivity index (χ4n) is 1.99. The number of rotatable bonds is 2. The van der Waals surface area contributed by atoms with Crippen LogP contribution in [0.4, 0.5) is 5.82 Å². The van der Waals surface area contributed by atoms with Crippen LogP contribution >= 0.6 is 0 Å². The topological polar surface area (TPSA) is 84.9 Å². The molecule has 0 amide bonds. The molecule has 3 rings (SSSR count). The first kappa shape index (κ1) is 9.83. The lowest BCUT2D eigenvalue weighted by Gasteiger charge is -1.99. The normalized spacial score (nSPS) is 11.1. The number of fused-ring (bicyclic) bond motifs is 1. The van der Waals surface area contributed by atoms with Gasteiger partial charge in [0.15, 0.2) is 0 Å². The lowest BCUT2D eigenvalue weighted by atomic mass is 10.1. The zero-order valence-corrected chi connectivity index (χ0v) is 9.38. The second-order valence-electron chi connectivity index (χ2n) is 3.78. The molecule has 0 radical (unpaired) electrons. The second-order valence-corrected chi connectivity index (χ2v) is 3.78. The number of nitrogen functional groups attached to an aromatic ring is 1. The summed E-state index contributed by atoms with van der Waals surface area (Å²) in [7, 11) is 0. The van der Waals surface area contributed by atoms with Crippen LogP contribution in [0.5, 0.6) is 0 Å². The fraction of sp³-hybridized carbons (Fsp3) is 0.182. The van der Waals surface area contributed by atoms with Crippen molar-refractivity contribution in [2.75, 3.05) is 5.73 Å². The third kappa shape index (κ3) is 1.37. The van der Waals surface area contributed by atoms with Gasteiger partial charge in [0.1, 0.15) is 5.82 Å². The van der Waals surface area contributed by atoms with Crippen LogP contribution < -0.4 is 5.73 Å². The van der Waals surface area contributed by atoms with Crippen molar-refractivity contribution in [1.82, 2.24) is 24.8 Å². The minimum atomic E-state index is 0.547. The summed E-state index contributed by atoms with van der Waals surface area (Å²) in [5, 5.41) is 11.3. The molecule has 3 N–H and O–H groups in total. The summed E-state index contributed by atoms with van der Waals surface area (Å²) >= 11 is 0. The molecule has 3 heterocycles. The molecule has 0 aromatic carbocycles. The summed E-state index contributed by atoms with van der Waals surface area (Å²) in [6.07, 6.45) is 7.91. The van der Waals surface area contributed by atoms with Crippen LogP contribution in [0.25, 0.3) is 16.8 Å². The Kier molecular flexibility index (Phi) is 2.07. The molecule has 6 heteroatoms. The molecule has 0 unspecified atom stereocenters. The molecule has 0 fully saturated rings. The molecule has 3 aromatic heterocycles. The summed E-state index contributed by atoms with van der Waals surface area (Å²) in [6.45, 7) is 2.05. The molecule has 0 aliphatic heterocycles. The summed E-state index contributed by atoms with van der Waals surface area (Å²) in [5.74, 6) is 0.547. The van der Waals surface area contributed by atoms with E-state index in [1.165, 1.54) is 0 Å². The minimum absolute atomic E-state index is 0.547. The number of H-pyrrole nitrogens is 1. The molecule has 0 aliphatic carbocycles. The number of aromatic amines is 1. The summed E-state index contributed by atoms with van der Waals surface area (Å²) < 4.78 is 1.78. The van der Waals surface area contributed by atoms with Gasteiger partial charge in [-0.1, -0.05) is 6.92 Å². The van der Waals surface area contributed by atoms with Crippen molar-refractivity contribution in [2.45, 2.75) is 13.3 Å². The smallest absolute Gasteiger partial charge is 0.149 e. The van der Waals surface area contributed by atoms with E-state index in [4.69, 9.17) is 5.73 Å². The molecule has 0 spiro atoms. The van der Waals surface area contributed by atoms with Gasteiger partial charge in [-0.15, -0.1) is 0 Å². The van der Waals surface area contributed by atoms with Crippen molar-refractivity contribution in [3.05, 3.63) is 30.4 Å². The predicted octanol–water partition coefficient (Wildman–Crippen LogP) is 1.26. The van der Waals surface area contributed by atoms with Crippen molar-refractivity contribution < 1.29 is 0 Å². The molecular weight excluding hydrogens is 216 g/mol. The van der Waals surface area contributed by atoms with Gasteiger partial charge in [0.2, 0.25) is 0 Å². The molecule has 86 valence electrons. The average Bonchev–Trinajstić information content (AvgIpc) is 2.92. The lowest BCUT2D eigenvalue weighted by molar-refractivity contribution is 0.946. The van der Waals surface area contributed by atoms with E-state index in [0.29, 0.717) is 5.82 Å². The van der Waals surface area contributed by atoms with Crippen molar-refractivity contribution in [1.29, 1.82) is 0 Å². The number of aromatic nitrogens is 5. The van der Waals surface area contributed by atoms with Gasteiger partial charge in [-0.05, 0) is 6.42 Å². The Labute approximate surface area is 97.5 Å². The molecule has 0 aliphatic rings. The number of nitrogens with one attached hydrogen (secondary N) is 1. The van der Waals surface area contributed by atoms with E-state index in [1.807, 2.05) is 6.20 Å². The average molecular weight is 228 g/mol. The molecule has 0 atom stereocenters. The monoisotopic (exact) mass is 228 g/mol. The molecule has 17 heavy (non-hydrogen) atoms. The van der Waals surface area contributed by atoms with E-state index in [-0.39, 0.29) is 0 Å². The molecule has 0 saturated heterocycles. The maximum atomic E-state index is 5.82. The maximum Gasteiger partial charge on any atom is 0.149 e. The predicted molar refractivity (Wildman–Crippen MR) is 64.4 cm³/mol. The van der Waals surface area contributed by atoms with Crippen LogP contribution in [0.3, 0.4) is 0 Å². The van der Waals surface area contributed by atoms with Crippen LogP contribution in [0.1, 0.15) is 12.5 Å². The third-order valence-corrected chi connectivity index (χ3v) is 2.85. The Bertz CT molecular complexity index is 665. The van der Waals surface area contributed by atoms with Gasteiger partial charge in [0, 0.05) is 23.5 Å². The van der Waals surface area contributed by atoms with Gasteiger partial charge >= 0.3 is 0 Å². The molecular formula is C11H12N6. The van der Waals surface area contributed by atoms with Crippen LogP contribution in [0.15, 0.2) is 24.8 Å². The number of nitrogens with zero attached hydrogens (tertiary/aromatic N) is 4. The highest BCUT2D eigenvalue weighted by atomic mass is 15.2. The van der Waals surface area contributed by atoms with Crippen molar-refractivity contribution in [2.24, 2.45) is 0 Å².